The molecule has 0 spiro atoms. The summed E-state index contributed by atoms with van der Waals surface area (Å²) >= 11 is 5.98. The predicted molar refractivity (Wildman–Crippen MR) is 60.0 cm³/mol. The van der Waals surface area contributed by atoms with Gasteiger partial charge in [0.05, 0.1) is 5.54 Å². The van der Waals surface area contributed by atoms with Crippen LogP contribution in [-0.4, -0.2) is 6.08 Å². The zero-order valence-corrected chi connectivity index (χ0v) is 9.59. The molecule has 1 fully saturated rings. The average Bonchev–Trinajstić information content (AvgIpc) is 2.98. The minimum absolute atomic E-state index is 0.389. The number of carbonyl (C=O) groups excluding carboxylic acids is 1. The number of hydrogen-bond acceptors (Lipinski definition) is 2. The molecule has 1 unspecified atom stereocenters. The fourth-order valence-electron chi connectivity index (χ4n) is 1.99. The normalized spacial score (nSPS) is 18.7. The second kappa shape index (κ2) is 4.00. The first-order valence-corrected chi connectivity index (χ1v) is 5.50. The van der Waals surface area contributed by atoms with Gasteiger partial charge in [-0.2, -0.15) is 4.99 Å². The van der Waals surface area contributed by atoms with Crippen molar-refractivity contribution < 1.29 is 9.18 Å². The third kappa shape index (κ3) is 1.77. The van der Waals surface area contributed by atoms with Crippen molar-refractivity contribution in [2.45, 2.75) is 31.5 Å². The highest BCUT2D eigenvalue weighted by Crippen LogP contribution is 2.52. The number of rotatable bonds is 3. The largest absolute Gasteiger partial charge is 0.243 e. The van der Waals surface area contributed by atoms with Gasteiger partial charge in [0.1, 0.15) is 6.17 Å². The van der Waals surface area contributed by atoms with E-state index >= 15 is 0 Å². The first-order chi connectivity index (χ1) is 7.60. The maximum Gasteiger partial charge on any atom is 0.235 e. The smallest absolute Gasteiger partial charge is 0.235 e. The van der Waals surface area contributed by atoms with Gasteiger partial charge in [0.2, 0.25) is 6.08 Å². The van der Waals surface area contributed by atoms with Crippen molar-refractivity contribution in [3.8, 4) is 0 Å². The second-order valence-electron chi connectivity index (χ2n) is 4.05. The third-order valence-corrected chi connectivity index (χ3v) is 3.26. The molecule has 0 radical (unpaired) electrons. The van der Waals surface area contributed by atoms with E-state index in [1.165, 1.54) is 6.92 Å². The Morgan fingerprint density at radius 2 is 2.25 bits per heavy atom. The Labute approximate surface area is 98.1 Å². The van der Waals surface area contributed by atoms with Crippen molar-refractivity contribution in [2.75, 3.05) is 0 Å². The van der Waals surface area contributed by atoms with Crippen LogP contribution in [-0.2, 0) is 10.3 Å². The Kier molecular flexibility index (Phi) is 2.83. The van der Waals surface area contributed by atoms with Gasteiger partial charge in [-0.25, -0.2) is 9.18 Å². The van der Waals surface area contributed by atoms with Crippen molar-refractivity contribution in [1.82, 2.24) is 0 Å². The van der Waals surface area contributed by atoms with E-state index in [-0.39, 0.29) is 0 Å². The summed E-state index contributed by atoms with van der Waals surface area (Å²) in [5, 5.41) is 0.389. The zero-order valence-electron chi connectivity index (χ0n) is 8.84. The van der Waals surface area contributed by atoms with Crippen LogP contribution in [0.25, 0.3) is 0 Å². The standard InChI is InChI=1S/C12H11ClFNO/c1-8(14)11-9(3-2-4-10(11)13)12(5-6-12)15-7-16/h2-4,8H,5-6H2,1H3. The van der Waals surface area contributed by atoms with Crippen LogP contribution in [0.2, 0.25) is 5.02 Å². The molecule has 0 amide bonds. The summed E-state index contributed by atoms with van der Waals surface area (Å²) in [7, 11) is 0. The Morgan fingerprint density at radius 3 is 2.75 bits per heavy atom. The highest BCUT2D eigenvalue weighted by Gasteiger charge is 2.47. The fraction of sp³-hybridized carbons (Fsp3) is 0.417. The van der Waals surface area contributed by atoms with E-state index in [1.807, 2.05) is 0 Å². The molecule has 2 rings (SSSR count). The number of halogens is 2. The molecular formula is C12H11ClFNO. The molecule has 0 N–H and O–H groups in total. The van der Waals surface area contributed by atoms with E-state index in [4.69, 9.17) is 11.6 Å². The number of isocyanates is 1. The second-order valence-corrected chi connectivity index (χ2v) is 4.46. The van der Waals surface area contributed by atoms with Crippen molar-refractivity contribution in [3.05, 3.63) is 34.3 Å². The summed E-state index contributed by atoms with van der Waals surface area (Å²) in [6, 6.07) is 5.19. The summed E-state index contributed by atoms with van der Waals surface area (Å²) in [5.74, 6) is 0. The Bertz CT molecular complexity index is 462. The Hall–Kier alpha value is -1.18. The van der Waals surface area contributed by atoms with Gasteiger partial charge >= 0.3 is 0 Å². The monoisotopic (exact) mass is 239 g/mol. The van der Waals surface area contributed by atoms with Crippen LogP contribution in [0.5, 0.6) is 0 Å². The van der Waals surface area contributed by atoms with E-state index in [0.29, 0.717) is 10.6 Å². The molecule has 1 aromatic carbocycles. The molecule has 0 aromatic heterocycles. The van der Waals surface area contributed by atoms with E-state index in [0.717, 1.165) is 18.4 Å². The maximum absolute atomic E-state index is 13.5. The van der Waals surface area contributed by atoms with Gasteiger partial charge in [0, 0.05) is 10.6 Å². The van der Waals surface area contributed by atoms with E-state index in [9.17, 15) is 9.18 Å². The highest BCUT2D eigenvalue weighted by atomic mass is 35.5. The summed E-state index contributed by atoms with van der Waals surface area (Å²) in [5.41, 5.74) is 0.599. The van der Waals surface area contributed by atoms with Gasteiger partial charge in [0.25, 0.3) is 0 Å². The van der Waals surface area contributed by atoms with Gasteiger partial charge in [-0.3, -0.25) is 0 Å². The van der Waals surface area contributed by atoms with Crippen molar-refractivity contribution in [1.29, 1.82) is 0 Å². The van der Waals surface area contributed by atoms with E-state index in [2.05, 4.69) is 4.99 Å². The van der Waals surface area contributed by atoms with E-state index in [1.54, 1.807) is 24.3 Å². The minimum Gasteiger partial charge on any atom is -0.243 e. The molecule has 0 bridgehead atoms. The van der Waals surface area contributed by atoms with Gasteiger partial charge < -0.3 is 0 Å². The first kappa shape index (κ1) is 11.3. The lowest BCUT2D eigenvalue weighted by Crippen LogP contribution is -2.08. The van der Waals surface area contributed by atoms with Gasteiger partial charge in [-0.05, 0) is 31.4 Å². The quantitative estimate of drug-likeness (QED) is 0.584. The number of benzene rings is 1. The zero-order chi connectivity index (χ0) is 11.8. The number of aliphatic imine (C=N–C) groups is 1. The van der Waals surface area contributed by atoms with Crippen molar-refractivity contribution in [2.24, 2.45) is 4.99 Å². The van der Waals surface area contributed by atoms with Gasteiger partial charge in [-0.1, -0.05) is 23.7 Å². The molecule has 2 nitrogen and oxygen atoms in total. The van der Waals surface area contributed by atoms with Crippen molar-refractivity contribution >= 4 is 17.7 Å². The molecule has 0 saturated heterocycles. The molecule has 1 atom stereocenters. The molecular weight excluding hydrogens is 229 g/mol. The lowest BCUT2D eigenvalue weighted by atomic mass is 9.96. The van der Waals surface area contributed by atoms with E-state index < -0.39 is 11.7 Å². The van der Waals surface area contributed by atoms with Crippen LogP contribution in [0.1, 0.15) is 37.1 Å². The first-order valence-electron chi connectivity index (χ1n) is 5.13. The lowest BCUT2D eigenvalue weighted by molar-refractivity contribution is 0.369. The SMILES string of the molecule is CC(F)c1c(Cl)cccc1C1(N=C=O)CC1. The predicted octanol–water partition coefficient (Wildman–Crippen LogP) is 3.70. The highest BCUT2D eigenvalue weighted by molar-refractivity contribution is 6.31. The Balaban J connectivity index is 2.57. The topological polar surface area (TPSA) is 29.4 Å². The number of alkyl halides is 1. The molecule has 0 aliphatic heterocycles. The van der Waals surface area contributed by atoms with Crippen LogP contribution >= 0.6 is 11.6 Å². The lowest BCUT2D eigenvalue weighted by Gasteiger charge is -2.16. The fourth-order valence-corrected chi connectivity index (χ4v) is 2.32. The molecule has 1 saturated carbocycles. The third-order valence-electron chi connectivity index (χ3n) is 2.94. The van der Waals surface area contributed by atoms with Crippen LogP contribution in [0.4, 0.5) is 4.39 Å². The van der Waals surface area contributed by atoms with Crippen LogP contribution < -0.4 is 0 Å². The molecule has 1 aliphatic carbocycles. The summed E-state index contributed by atoms with van der Waals surface area (Å²) < 4.78 is 13.5. The summed E-state index contributed by atoms with van der Waals surface area (Å²) in [4.78, 5) is 14.2. The molecule has 1 aromatic rings. The molecule has 16 heavy (non-hydrogen) atoms. The molecule has 1 aliphatic rings. The van der Waals surface area contributed by atoms with Crippen LogP contribution in [0, 0.1) is 0 Å². The molecule has 0 heterocycles. The summed E-state index contributed by atoms with van der Waals surface area (Å²) in [6.45, 7) is 1.44. The van der Waals surface area contributed by atoms with Crippen LogP contribution in [0.15, 0.2) is 23.2 Å². The van der Waals surface area contributed by atoms with Crippen molar-refractivity contribution in [3.63, 3.8) is 0 Å². The number of nitrogens with zero attached hydrogens (tertiary/aromatic N) is 1. The average molecular weight is 240 g/mol. The van der Waals surface area contributed by atoms with Crippen LogP contribution in [0.3, 0.4) is 0 Å². The van der Waals surface area contributed by atoms with Gasteiger partial charge in [0.15, 0.2) is 0 Å². The summed E-state index contributed by atoms with van der Waals surface area (Å²) in [6.07, 6.45) is 1.90. The molecule has 4 heteroatoms. The number of hydrogen-bond donors (Lipinski definition) is 0. The van der Waals surface area contributed by atoms with Gasteiger partial charge in [-0.15, -0.1) is 0 Å². The molecule has 84 valence electrons. The Morgan fingerprint density at radius 1 is 1.56 bits per heavy atom. The minimum atomic E-state index is -1.16. The maximum atomic E-state index is 13.5.